The van der Waals surface area contributed by atoms with Crippen molar-refractivity contribution in [1.82, 2.24) is 20.6 Å². The largest absolute Gasteiger partial charge is 0.494 e. The maximum Gasteiger partial charge on any atom is 0.270 e. The molecule has 0 bridgehead atoms. The molecule has 2 heterocycles. The lowest BCUT2D eigenvalue weighted by molar-refractivity contribution is -0.124. The van der Waals surface area contributed by atoms with Gasteiger partial charge in [-0.3, -0.25) is 9.59 Å². The van der Waals surface area contributed by atoms with Crippen molar-refractivity contribution in [2.75, 3.05) is 20.3 Å². The molecule has 10 nitrogen and oxygen atoms in total. The Morgan fingerprint density at radius 2 is 1.95 bits per heavy atom. The van der Waals surface area contributed by atoms with Crippen LogP contribution in [0.25, 0.3) is 0 Å². The summed E-state index contributed by atoms with van der Waals surface area (Å²) in [6.07, 6.45) is 4.44. The highest BCUT2D eigenvalue weighted by Crippen LogP contribution is 2.35. The number of aromatic nitrogens is 2. The Hall–Kier alpha value is -3.60. The fourth-order valence-electron chi connectivity index (χ4n) is 4.80. The van der Waals surface area contributed by atoms with E-state index in [1.807, 2.05) is 0 Å². The van der Waals surface area contributed by atoms with E-state index < -0.39 is 12.4 Å². The number of aliphatic hydroxyl groups is 1. The first-order valence-electron chi connectivity index (χ1n) is 12.4. The highest BCUT2D eigenvalue weighted by molar-refractivity contribution is 6.01. The Labute approximate surface area is 214 Å². The van der Waals surface area contributed by atoms with Crippen molar-refractivity contribution < 1.29 is 28.7 Å². The van der Waals surface area contributed by atoms with Gasteiger partial charge in [-0.2, -0.15) is 0 Å². The van der Waals surface area contributed by atoms with E-state index in [1.54, 1.807) is 19.1 Å². The Balaban J connectivity index is 1.32. The summed E-state index contributed by atoms with van der Waals surface area (Å²) in [5.41, 5.74) is 2.15. The third-order valence-electron chi connectivity index (χ3n) is 6.88. The molecule has 198 valence electrons. The third-order valence-corrected chi connectivity index (χ3v) is 6.88. The zero-order valence-electron chi connectivity index (χ0n) is 21.0. The van der Waals surface area contributed by atoms with Crippen molar-refractivity contribution >= 4 is 17.5 Å². The summed E-state index contributed by atoms with van der Waals surface area (Å²) < 4.78 is 18.6. The van der Waals surface area contributed by atoms with Gasteiger partial charge in [0, 0.05) is 19.5 Å². The van der Waals surface area contributed by atoms with Crippen LogP contribution >= 0.6 is 0 Å². The van der Waals surface area contributed by atoms with E-state index >= 15 is 0 Å². The Kier molecular flexibility index (Phi) is 8.65. The van der Waals surface area contributed by atoms with Gasteiger partial charge in [0.15, 0.2) is 11.6 Å². The number of carbonyl (C=O) groups excluding carboxylic acids is 2. The van der Waals surface area contributed by atoms with E-state index in [9.17, 15) is 14.0 Å². The first-order valence-corrected chi connectivity index (χ1v) is 12.4. The molecule has 1 aliphatic carbocycles. The average molecular weight is 514 g/mol. The predicted octanol–water partition coefficient (Wildman–Crippen LogP) is 2.27. The van der Waals surface area contributed by atoms with Crippen molar-refractivity contribution in [3.8, 4) is 5.75 Å². The number of nitrogens with zero attached hydrogens (tertiary/aromatic N) is 3. The quantitative estimate of drug-likeness (QED) is 0.468. The fraction of sp³-hybridized carbons (Fsp3) is 0.500. The van der Waals surface area contributed by atoms with Gasteiger partial charge in [-0.15, -0.1) is 0 Å². The van der Waals surface area contributed by atoms with Crippen LogP contribution < -0.4 is 15.4 Å². The summed E-state index contributed by atoms with van der Waals surface area (Å²) in [5.74, 6) is 0.122. The van der Waals surface area contributed by atoms with Crippen molar-refractivity contribution in [3.05, 3.63) is 52.9 Å². The van der Waals surface area contributed by atoms with Crippen molar-refractivity contribution in [1.29, 1.82) is 0 Å². The van der Waals surface area contributed by atoms with E-state index in [4.69, 9.17) is 14.7 Å². The molecule has 37 heavy (non-hydrogen) atoms. The molecular weight excluding hydrogens is 481 g/mol. The molecule has 1 aromatic heterocycles. The molecule has 0 saturated heterocycles. The maximum absolute atomic E-state index is 13.6. The van der Waals surface area contributed by atoms with Gasteiger partial charge in [-0.25, -0.2) is 14.4 Å². The van der Waals surface area contributed by atoms with Gasteiger partial charge >= 0.3 is 0 Å². The van der Waals surface area contributed by atoms with Crippen LogP contribution in [0.3, 0.4) is 0 Å². The fourth-order valence-corrected chi connectivity index (χ4v) is 4.80. The van der Waals surface area contributed by atoms with Crippen LogP contribution in [0.1, 0.15) is 59.7 Å². The number of rotatable bonds is 9. The van der Waals surface area contributed by atoms with Gasteiger partial charge in [-0.1, -0.05) is 11.2 Å². The molecule has 4 rings (SSSR count). The lowest BCUT2D eigenvalue weighted by Gasteiger charge is -2.30. The number of halogens is 1. The number of benzene rings is 1. The number of hydrogen-bond donors (Lipinski definition) is 3. The molecule has 0 radical (unpaired) electrons. The highest BCUT2D eigenvalue weighted by Gasteiger charge is 2.34. The maximum atomic E-state index is 13.6. The summed E-state index contributed by atoms with van der Waals surface area (Å²) >= 11 is 0. The Bertz CT molecular complexity index is 1170. The molecule has 2 aromatic rings. The Morgan fingerprint density at radius 3 is 2.68 bits per heavy atom. The molecule has 0 spiro atoms. The highest BCUT2D eigenvalue weighted by atomic mass is 19.1. The molecule has 1 aromatic carbocycles. The van der Waals surface area contributed by atoms with E-state index in [1.165, 1.54) is 19.2 Å². The Morgan fingerprint density at radius 1 is 1.16 bits per heavy atom. The van der Waals surface area contributed by atoms with E-state index in [0.717, 1.165) is 25.7 Å². The van der Waals surface area contributed by atoms with Crippen LogP contribution in [0, 0.1) is 24.6 Å². The first-order chi connectivity index (χ1) is 17.9. The number of hydrogen-bond acceptors (Lipinski definition) is 8. The number of oxime groups is 1. The number of aryl methyl sites for hydroxylation is 1. The molecule has 3 N–H and O–H groups in total. The van der Waals surface area contributed by atoms with Gasteiger partial charge < -0.3 is 25.3 Å². The monoisotopic (exact) mass is 513 g/mol. The minimum Gasteiger partial charge on any atom is -0.494 e. The van der Waals surface area contributed by atoms with Crippen LogP contribution in [0.2, 0.25) is 0 Å². The van der Waals surface area contributed by atoms with Gasteiger partial charge in [0.1, 0.15) is 29.9 Å². The van der Waals surface area contributed by atoms with E-state index in [-0.39, 0.29) is 35.9 Å². The van der Waals surface area contributed by atoms with Crippen LogP contribution in [0.15, 0.2) is 29.4 Å². The number of carbonyl (C=O) groups is 2. The molecule has 1 fully saturated rings. The molecule has 11 heteroatoms. The van der Waals surface area contributed by atoms with Crippen molar-refractivity contribution in [3.63, 3.8) is 0 Å². The lowest BCUT2D eigenvalue weighted by atomic mass is 9.78. The molecule has 2 amide bonds. The number of nitrogens with one attached hydrogen (secondary N) is 2. The van der Waals surface area contributed by atoms with Crippen molar-refractivity contribution in [2.24, 2.45) is 17.0 Å². The summed E-state index contributed by atoms with van der Waals surface area (Å²) in [5, 5.41) is 18.7. The number of amides is 2. The lowest BCUT2D eigenvalue weighted by Crippen LogP contribution is -2.34. The summed E-state index contributed by atoms with van der Waals surface area (Å²) in [7, 11) is 1.39. The summed E-state index contributed by atoms with van der Waals surface area (Å²) in [4.78, 5) is 38.6. The van der Waals surface area contributed by atoms with Crippen molar-refractivity contribution in [2.45, 2.75) is 51.7 Å². The van der Waals surface area contributed by atoms with E-state index in [0.29, 0.717) is 47.6 Å². The summed E-state index contributed by atoms with van der Waals surface area (Å²) in [6.45, 7) is 2.00. The third kappa shape index (κ3) is 6.79. The number of aliphatic hydroxyl groups excluding tert-OH is 1. The zero-order chi connectivity index (χ0) is 26.4. The summed E-state index contributed by atoms with van der Waals surface area (Å²) in [6, 6.07) is 6.02. The second kappa shape index (κ2) is 12.1. The van der Waals surface area contributed by atoms with Gasteiger partial charge in [0.2, 0.25) is 5.91 Å². The average Bonchev–Trinajstić information content (AvgIpc) is 3.41. The SMILES string of the molecule is COc1cc(CNC(=O)c2cc(C3=NO[C@@H](C4CCC(CNC(=O)CO)CC4)C3)nc(C)n2)ccc1F. The molecule has 0 unspecified atom stereocenters. The number of methoxy groups -OCH3 is 1. The van der Waals surface area contributed by atoms with Gasteiger partial charge in [-0.05, 0) is 68.2 Å². The minimum atomic E-state index is -0.485. The van der Waals surface area contributed by atoms with Crippen LogP contribution in [0.4, 0.5) is 4.39 Å². The second-order valence-corrected chi connectivity index (χ2v) is 9.47. The first kappa shape index (κ1) is 26.5. The van der Waals surface area contributed by atoms with E-state index in [2.05, 4.69) is 25.8 Å². The smallest absolute Gasteiger partial charge is 0.270 e. The van der Waals surface area contributed by atoms with Crippen LogP contribution in [-0.2, 0) is 16.2 Å². The molecular formula is C26H32FN5O5. The molecule has 1 saturated carbocycles. The topological polar surface area (TPSA) is 135 Å². The minimum absolute atomic E-state index is 0.0519. The molecule has 1 aliphatic heterocycles. The number of ether oxygens (including phenoxy) is 1. The second-order valence-electron chi connectivity index (χ2n) is 9.47. The van der Waals surface area contributed by atoms with Crippen LogP contribution in [-0.4, -0.2) is 59.0 Å². The van der Waals surface area contributed by atoms with Crippen LogP contribution in [0.5, 0.6) is 5.75 Å². The standard InChI is InChI=1S/C26H32FN5O5/c1-15-30-20(10-22(31-15)26(35)29-13-17-5-8-19(27)24(9-17)36-2)21-11-23(37-32-21)18-6-3-16(4-7-18)12-28-25(34)14-33/h5,8-10,16,18,23,33H,3-4,6-7,11-14H2,1-2H3,(H,28,34)(H,29,35)/t16?,18?,23-/m1/s1. The normalized spacial score (nSPS) is 21.1. The zero-order valence-corrected chi connectivity index (χ0v) is 21.0. The predicted molar refractivity (Wildman–Crippen MR) is 132 cm³/mol. The van der Waals surface area contributed by atoms with Gasteiger partial charge in [0.25, 0.3) is 5.91 Å². The molecule has 1 atom stereocenters. The molecule has 2 aliphatic rings. The van der Waals surface area contributed by atoms with Gasteiger partial charge in [0.05, 0.1) is 12.8 Å².